The van der Waals surface area contributed by atoms with E-state index in [2.05, 4.69) is 123 Å². The van der Waals surface area contributed by atoms with Crippen LogP contribution in [-0.4, -0.2) is 28.1 Å². The van der Waals surface area contributed by atoms with Gasteiger partial charge >= 0.3 is 0 Å². The Morgan fingerprint density at radius 2 is 1.81 bits per heavy atom. The first kappa shape index (κ1) is 37.4. The van der Waals surface area contributed by atoms with Gasteiger partial charge in [0.25, 0.3) is 0 Å². The number of rotatable bonds is 7. The second-order valence-corrected chi connectivity index (χ2v) is 13.3. The first-order valence-electron chi connectivity index (χ1n) is 18.6. The fraction of sp³-hybridized carbons (Fsp3) is 0.176. The number of para-hydroxylation sites is 1. The normalized spacial score (nSPS) is 25.8. The van der Waals surface area contributed by atoms with Gasteiger partial charge in [0, 0.05) is 52.0 Å². The number of hydrogen-bond donors (Lipinski definition) is 0. The Balaban J connectivity index is 1.23. The number of fused-ring (bicyclic) bond motifs is 3. The number of terminal acetylenes is 2. The van der Waals surface area contributed by atoms with Crippen LogP contribution >= 0.6 is 0 Å². The van der Waals surface area contributed by atoms with Crippen molar-refractivity contribution in [3.05, 3.63) is 137 Å². The molecule has 2 aliphatic heterocycles. The number of allylic oxidation sites excluding steroid dienone is 12. The molecular formula is C51H36N6. The molecule has 4 aliphatic rings. The van der Waals surface area contributed by atoms with Crippen molar-refractivity contribution in [1.29, 1.82) is 10.5 Å². The zero-order chi connectivity index (χ0) is 39.7. The van der Waals surface area contributed by atoms with Crippen molar-refractivity contribution in [2.24, 2.45) is 15.9 Å². The first-order chi connectivity index (χ1) is 28.0. The Labute approximate surface area is 335 Å². The van der Waals surface area contributed by atoms with E-state index in [-0.39, 0.29) is 11.8 Å². The van der Waals surface area contributed by atoms with Crippen molar-refractivity contribution in [2.75, 3.05) is 4.90 Å². The molecule has 1 aromatic heterocycles. The number of nitrogens with zero attached hydrogens (tertiary/aromatic N) is 6. The molecule has 6 heteroatoms. The van der Waals surface area contributed by atoms with Crippen LogP contribution in [-0.2, 0) is 0 Å². The zero-order valence-corrected chi connectivity index (χ0v) is 31.7. The third-order valence-corrected chi connectivity index (χ3v) is 9.87. The van der Waals surface area contributed by atoms with Gasteiger partial charge in [0.05, 0.1) is 17.1 Å². The van der Waals surface area contributed by atoms with Crippen molar-refractivity contribution in [3.8, 4) is 72.3 Å². The summed E-state index contributed by atoms with van der Waals surface area (Å²) in [5, 5.41) is 21.8. The SMILES string of the molecule is C#CC/C=C\c1c(C)n(C2=C/CC#CC(C3=N/C(C#N)C#CC(c4ccc(N5C(C#C)=C(/C=C\C)/C6=C/C/C=C\C5C#C6)cc4)/N=C\3C#N)/C=C\2)c2ccccc12. The van der Waals surface area contributed by atoms with Crippen molar-refractivity contribution in [3.63, 3.8) is 0 Å². The van der Waals surface area contributed by atoms with Crippen LogP contribution in [0.2, 0.25) is 0 Å². The summed E-state index contributed by atoms with van der Waals surface area (Å²) in [4.78, 5) is 11.6. The molecule has 0 spiro atoms. The largest absolute Gasteiger partial charge is 0.316 e. The fourth-order valence-corrected chi connectivity index (χ4v) is 7.25. The number of benzene rings is 2. The van der Waals surface area contributed by atoms with Gasteiger partial charge in [-0.25, -0.2) is 0 Å². The quantitative estimate of drug-likeness (QED) is 0.180. The molecule has 0 amide bonds. The van der Waals surface area contributed by atoms with Gasteiger partial charge in [-0.05, 0) is 56.2 Å². The highest BCUT2D eigenvalue weighted by atomic mass is 15.2. The lowest BCUT2D eigenvalue weighted by atomic mass is 9.96. The smallest absolute Gasteiger partial charge is 0.196 e. The van der Waals surface area contributed by atoms with Crippen LogP contribution in [0.15, 0.2) is 130 Å². The average Bonchev–Trinajstić information content (AvgIpc) is 3.42. The van der Waals surface area contributed by atoms with Crippen LogP contribution in [0.1, 0.15) is 49.0 Å². The molecular weight excluding hydrogens is 697 g/mol. The van der Waals surface area contributed by atoms with E-state index in [1.165, 1.54) is 0 Å². The van der Waals surface area contributed by atoms with Crippen LogP contribution in [0, 0.1) is 95.7 Å². The van der Waals surface area contributed by atoms with Crippen LogP contribution in [0.25, 0.3) is 22.7 Å². The summed E-state index contributed by atoms with van der Waals surface area (Å²) < 4.78 is 2.21. The molecule has 2 aromatic carbocycles. The van der Waals surface area contributed by atoms with E-state index in [1.54, 1.807) is 0 Å². The van der Waals surface area contributed by atoms with Gasteiger partial charge < -0.3 is 9.47 Å². The Bertz CT molecular complexity index is 2810. The van der Waals surface area contributed by atoms with Crippen molar-refractivity contribution in [1.82, 2.24) is 4.57 Å². The third kappa shape index (κ3) is 7.58. The van der Waals surface area contributed by atoms with Crippen LogP contribution in [0.4, 0.5) is 5.69 Å². The van der Waals surface area contributed by atoms with E-state index in [9.17, 15) is 10.5 Å². The highest BCUT2D eigenvalue weighted by Crippen LogP contribution is 2.34. The predicted octanol–water partition coefficient (Wildman–Crippen LogP) is 9.00. The monoisotopic (exact) mass is 732 g/mol. The van der Waals surface area contributed by atoms with Gasteiger partial charge in [0.1, 0.15) is 29.9 Å². The van der Waals surface area contributed by atoms with Gasteiger partial charge in [-0.2, -0.15) is 10.5 Å². The lowest BCUT2D eigenvalue weighted by molar-refractivity contribution is 0.916. The van der Waals surface area contributed by atoms with Gasteiger partial charge in [0.15, 0.2) is 11.8 Å². The number of aromatic nitrogens is 1. The molecule has 6 nitrogen and oxygen atoms in total. The van der Waals surface area contributed by atoms with E-state index in [0.717, 1.165) is 56.7 Å². The van der Waals surface area contributed by atoms with E-state index in [1.807, 2.05) is 73.7 Å². The molecule has 0 fully saturated rings. The summed E-state index contributed by atoms with van der Waals surface area (Å²) in [7, 11) is 0. The summed E-state index contributed by atoms with van der Waals surface area (Å²) >= 11 is 0. The predicted molar refractivity (Wildman–Crippen MR) is 232 cm³/mol. The van der Waals surface area contributed by atoms with Crippen LogP contribution in [0.3, 0.4) is 0 Å². The molecule has 0 saturated heterocycles. The number of anilines is 1. The second kappa shape index (κ2) is 17.0. The van der Waals surface area contributed by atoms with Gasteiger partial charge in [-0.15, -0.1) is 18.8 Å². The summed E-state index contributed by atoms with van der Waals surface area (Å²) in [5.74, 6) is 24.3. The molecule has 3 heterocycles. The Kier molecular flexibility index (Phi) is 11.2. The first-order valence-corrected chi connectivity index (χ1v) is 18.6. The summed E-state index contributed by atoms with van der Waals surface area (Å²) in [5.41, 5.74) is 8.63. The molecule has 0 radical (unpaired) electrons. The van der Waals surface area contributed by atoms with Crippen molar-refractivity contribution in [2.45, 2.75) is 51.2 Å². The molecule has 270 valence electrons. The summed E-state index contributed by atoms with van der Waals surface area (Å²) in [6, 6.07) is 18.5. The van der Waals surface area contributed by atoms with E-state index in [0.29, 0.717) is 24.3 Å². The standard InChI is InChI=1S/C51H36N6/c1-5-8-9-21-44-36(4)56(50-23-15-14-22-46(44)50)41-19-13-11-18-39(27-32-41)51-48(35-53)55-47(33-28-40(34-52)54-51)38-25-30-43(31-26-38)57-42-20-12-10-17-37(24-29-42)45(16-6-2)49(57)7-3/h1,3,6,9,12,14-17,19-23,25-27,30-32,39-40,42,47H,8,10,13H2,2,4H3/b16-6-,20-12-,21-9-,32-27-,37-17+,41-19+,54-51-,55-48-. The number of hydrogen-bond acceptors (Lipinski definition) is 5. The number of nitriles is 2. The molecule has 4 atom stereocenters. The molecule has 2 aliphatic carbocycles. The molecule has 0 saturated carbocycles. The minimum atomic E-state index is -1.02. The highest BCUT2D eigenvalue weighted by molar-refractivity contribution is 6.49. The lowest BCUT2D eigenvalue weighted by Gasteiger charge is -2.29. The van der Waals surface area contributed by atoms with E-state index in [4.69, 9.17) is 17.8 Å². The van der Waals surface area contributed by atoms with Gasteiger partial charge in [-0.1, -0.05) is 120 Å². The molecule has 4 unspecified atom stereocenters. The Morgan fingerprint density at radius 1 is 0.965 bits per heavy atom. The van der Waals surface area contributed by atoms with E-state index >= 15 is 0 Å². The second-order valence-electron chi connectivity index (χ2n) is 13.3. The third-order valence-electron chi connectivity index (χ3n) is 9.87. The van der Waals surface area contributed by atoms with Gasteiger partial charge in [0.2, 0.25) is 0 Å². The number of aliphatic imine (C=N–C) groups is 2. The van der Waals surface area contributed by atoms with Crippen LogP contribution in [0.5, 0.6) is 0 Å². The lowest BCUT2D eigenvalue weighted by Crippen LogP contribution is -2.32. The average molecular weight is 733 g/mol. The van der Waals surface area contributed by atoms with Crippen molar-refractivity contribution < 1.29 is 0 Å². The molecule has 7 rings (SSSR count). The highest BCUT2D eigenvalue weighted by Gasteiger charge is 2.27. The molecule has 3 aromatic rings. The molecule has 57 heavy (non-hydrogen) atoms. The van der Waals surface area contributed by atoms with E-state index < -0.39 is 18.0 Å². The minimum Gasteiger partial charge on any atom is -0.316 e. The summed E-state index contributed by atoms with van der Waals surface area (Å²) in [6.07, 6.45) is 33.8. The van der Waals surface area contributed by atoms with Crippen LogP contribution < -0.4 is 4.90 Å². The van der Waals surface area contributed by atoms with Gasteiger partial charge in [-0.3, -0.25) is 9.98 Å². The Hall–Kier alpha value is -7.92. The maximum absolute atomic E-state index is 10.5. The Morgan fingerprint density at radius 3 is 2.58 bits per heavy atom. The minimum absolute atomic E-state index is 0.0798. The fourth-order valence-electron chi connectivity index (χ4n) is 7.25. The zero-order valence-electron chi connectivity index (χ0n) is 31.7. The van der Waals surface area contributed by atoms with Crippen molar-refractivity contribution >= 4 is 39.8 Å². The topological polar surface area (TPSA) is 80.5 Å². The maximum Gasteiger partial charge on any atom is 0.196 e. The maximum atomic E-state index is 10.5. The molecule has 0 N–H and O–H groups in total. The summed E-state index contributed by atoms with van der Waals surface area (Å²) in [6.45, 7) is 4.05. The molecule has 2 bridgehead atoms.